The van der Waals surface area contributed by atoms with Crippen LogP contribution in [0.15, 0.2) is 34.9 Å². The zero-order valence-electron chi connectivity index (χ0n) is 17.7. The van der Waals surface area contributed by atoms with Crippen molar-refractivity contribution in [3.63, 3.8) is 0 Å². The van der Waals surface area contributed by atoms with E-state index in [4.69, 9.17) is 20.8 Å². The van der Waals surface area contributed by atoms with Gasteiger partial charge in [-0.15, -0.1) is 0 Å². The second-order valence-corrected chi connectivity index (χ2v) is 8.65. The van der Waals surface area contributed by atoms with Gasteiger partial charge in [-0.1, -0.05) is 30.7 Å². The summed E-state index contributed by atoms with van der Waals surface area (Å²) in [6, 6.07) is 7.08. The van der Waals surface area contributed by atoms with Crippen LogP contribution in [0.1, 0.15) is 61.7 Å². The number of benzene rings is 1. The summed E-state index contributed by atoms with van der Waals surface area (Å²) in [4.78, 5) is 25.2. The molecule has 0 spiro atoms. The van der Waals surface area contributed by atoms with Gasteiger partial charge in [0, 0.05) is 17.6 Å². The van der Waals surface area contributed by atoms with E-state index >= 15 is 0 Å². The van der Waals surface area contributed by atoms with Crippen LogP contribution >= 0.6 is 11.6 Å². The summed E-state index contributed by atoms with van der Waals surface area (Å²) in [5, 5.41) is 6.39. The average molecular weight is 433 g/mol. The van der Waals surface area contributed by atoms with E-state index in [1.54, 1.807) is 18.4 Å². The molecule has 0 radical (unpaired) electrons. The number of rotatable bonds is 9. The van der Waals surface area contributed by atoms with Gasteiger partial charge in [0.05, 0.1) is 11.3 Å². The lowest BCUT2D eigenvalue weighted by Gasteiger charge is -2.26. The quantitative estimate of drug-likeness (QED) is 0.619. The summed E-state index contributed by atoms with van der Waals surface area (Å²) in [6.07, 6.45) is 5.05. The van der Waals surface area contributed by atoms with Crippen LogP contribution in [0.5, 0.6) is 5.75 Å². The van der Waals surface area contributed by atoms with E-state index in [9.17, 15) is 9.59 Å². The molecule has 6 nitrogen and oxygen atoms in total. The van der Waals surface area contributed by atoms with Crippen molar-refractivity contribution in [2.24, 2.45) is 0 Å². The van der Waals surface area contributed by atoms with Gasteiger partial charge in [-0.2, -0.15) is 0 Å². The number of hydrogen-bond acceptors (Lipinski definition) is 4. The molecule has 0 fully saturated rings. The van der Waals surface area contributed by atoms with E-state index in [0.717, 1.165) is 30.4 Å². The Labute approximate surface area is 182 Å². The molecule has 3 rings (SSSR count). The van der Waals surface area contributed by atoms with Crippen LogP contribution < -0.4 is 15.4 Å². The van der Waals surface area contributed by atoms with Crippen LogP contribution in [-0.4, -0.2) is 30.0 Å². The van der Waals surface area contributed by atoms with Gasteiger partial charge in [-0.25, -0.2) is 0 Å². The average Bonchev–Trinajstić information content (AvgIpc) is 3.30. The number of furan rings is 1. The Morgan fingerprint density at radius 3 is 2.77 bits per heavy atom. The van der Waals surface area contributed by atoms with Crippen LogP contribution in [0.4, 0.5) is 0 Å². The molecule has 0 saturated carbocycles. The number of amides is 2. The number of halogens is 1. The lowest BCUT2D eigenvalue weighted by molar-refractivity contribution is -0.128. The number of nitrogens with one attached hydrogen (secondary N) is 2. The molecule has 0 bridgehead atoms. The predicted octanol–water partition coefficient (Wildman–Crippen LogP) is 4.29. The molecule has 30 heavy (non-hydrogen) atoms. The molecule has 1 unspecified atom stereocenters. The number of hydrogen-bond donors (Lipinski definition) is 2. The highest BCUT2D eigenvalue weighted by molar-refractivity contribution is 6.32. The summed E-state index contributed by atoms with van der Waals surface area (Å²) < 4.78 is 11.3. The van der Waals surface area contributed by atoms with Crippen molar-refractivity contribution in [3.8, 4) is 5.75 Å². The maximum atomic E-state index is 12.6. The molecule has 1 heterocycles. The Morgan fingerprint density at radius 1 is 1.27 bits per heavy atom. The maximum absolute atomic E-state index is 12.6. The minimum absolute atomic E-state index is 0.205. The van der Waals surface area contributed by atoms with Crippen LogP contribution in [-0.2, 0) is 17.6 Å². The smallest absolute Gasteiger partial charge is 0.287 e. The number of carbonyl (C=O) groups excluding carboxylic acids is 2. The number of fused-ring (bicyclic) bond motifs is 1. The fraction of sp³-hybridized carbons (Fsp3) is 0.478. The third kappa shape index (κ3) is 5.36. The molecule has 1 aromatic carbocycles. The lowest BCUT2D eigenvalue weighted by Crippen LogP contribution is -2.47. The summed E-state index contributed by atoms with van der Waals surface area (Å²) >= 11 is 6.12. The first kappa shape index (κ1) is 22.2. The molecule has 2 N–H and O–H groups in total. The highest BCUT2D eigenvalue weighted by Gasteiger charge is 2.28. The fourth-order valence-electron chi connectivity index (χ4n) is 3.60. The van der Waals surface area contributed by atoms with E-state index in [2.05, 4.69) is 10.6 Å². The molecule has 162 valence electrons. The topological polar surface area (TPSA) is 80.6 Å². The Morgan fingerprint density at radius 2 is 2.03 bits per heavy atom. The summed E-state index contributed by atoms with van der Waals surface area (Å²) in [5.41, 5.74) is 1.65. The molecular weight excluding hydrogens is 404 g/mol. The van der Waals surface area contributed by atoms with Gasteiger partial charge in [-0.05, 0) is 63.6 Å². The van der Waals surface area contributed by atoms with Crippen LogP contribution in [0.2, 0.25) is 5.02 Å². The molecule has 1 aliphatic carbocycles. The molecule has 1 aromatic heterocycles. The number of aryl methyl sites for hydroxylation is 1. The Bertz CT molecular complexity index is 906. The molecule has 1 atom stereocenters. The zero-order valence-corrected chi connectivity index (χ0v) is 18.5. The van der Waals surface area contributed by atoms with Crippen molar-refractivity contribution in [2.45, 2.75) is 64.5 Å². The molecule has 2 aromatic rings. The first-order valence-corrected chi connectivity index (χ1v) is 10.8. The number of para-hydroxylation sites is 1. The second kappa shape index (κ2) is 9.56. The highest BCUT2D eigenvalue weighted by atomic mass is 35.5. The first-order chi connectivity index (χ1) is 14.3. The maximum Gasteiger partial charge on any atom is 0.287 e. The van der Waals surface area contributed by atoms with Crippen LogP contribution in [0, 0.1) is 0 Å². The van der Waals surface area contributed by atoms with Crippen LogP contribution in [0.25, 0.3) is 0 Å². The largest absolute Gasteiger partial charge is 0.479 e. The highest BCUT2D eigenvalue weighted by Crippen LogP contribution is 2.27. The van der Waals surface area contributed by atoms with Gasteiger partial charge in [-0.3, -0.25) is 9.59 Å². The molecule has 2 amide bonds. The molecule has 1 aliphatic rings. The Balaban J connectivity index is 1.49. The summed E-state index contributed by atoms with van der Waals surface area (Å²) in [5.74, 6) is 0.491. The van der Waals surface area contributed by atoms with E-state index in [1.165, 1.54) is 0 Å². The van der Waals surface area contributed by atoms with Crippen molar-refractivity contribution in [2.75, 3.05) is 6.54 Å². The van der Waals surface area contributed by atoms with E-state index in [1.807, 2.05) is 32.9 Å². The minimum atomic E-state index is -0.631. The van der Waals surface area contributed by atoms with E-state index in [-0.39, 0.29) is 11.8 Å². The Hall–Kier alpha value is -2.47. The SMILES string of the molecule is CCC(Oc1ccccc1Cl)C(=O)NCCC(C)(C)NC(=O)c1occ2c1CCC2. The van der Waals surface area contributed by atoms with Crippen molar-refractivity contribution in [1.82, 2.24) is 10.6 Å². The summed E-state index contributed by atoms with van der Waals surface area (Å²) in [7, 11) is 0. The van der Waals surface area contributed by atoms with Gasteiger partial charge >= 0.3 is 0 Å². The van der Waals surface area contributed by atoms with Gasteiger partial charge in [0.2, 0.25) is 0 Å². The van der Waals surface area contributed by atoms with Gasteiger partial charge < -0.3 is 19.8 Å². The molecule has 0 aliphatic heterocycles. The third-order valence-corrected chi connectivity index (χ3v) is 5.64. The number of carbonyl (C=O) groups is 2. The fourth-order valence-corrected chi connectivity index (χ4v) is 3.78. The molecule has 0 saturated heterocycles. The van der Waals surface area contributed by atoms with Crippen LogP contribution in [0.3, 0.4) is 0 Å². The molecule has 7 heteroatoms. The normalized spacial score (nSPS) is 14.1. The van der Waals surface area contributed by atoms with Crippen molar-refractivity contribution in [1.29, 1.82) is 0 Å². The van der Waals surface area contributed by atoms with Gasteiger partial charge in [0.25, 0.3) is 11.8 Å². The van der Waals surface area contributed by atoms with E-state index < -0.39 is 11.6 Å². The third-order valence-electron chi connectivity index (χ3n) is 5.33. The first-order valence-electron chi connectivity index (χ1n) is 10.4. The van der Waals surface area contributed by atoms with Gasteiger partial charge in [0.1, 0.15) is 5.75 Å². The predicted molar refractivity (Wildman–Crippen MR) is 116 cm³/mol. The standard InChI is InChI=1S/C23H29ClN2O4/c1-4-18(30-19-11-6-5-10-17(19)24)21(27)25-13-12-23(2,3)26-22(28)20-16-9-7-8-15(16)14-29-20/h5-6,10-11,14,18H,4,7-9,12-13H2,1-3H3,(H,25,27)(H,26,28). The number of ether oxygens (including phenoxy) is 1. The van der Waals surface area contributed by atoms with Crippen molar-refractivity contribution in [3.05, 3.63) is 52.4 Å². The van der Waals surface area contributed by atoms with Crippen molar-refractivity contribution < 1.29 is 18.7 Å². The zero-order chi connectivity index (χ0) is 21.7. The second-order valence-electron chi connectivity index (χ2n) is 8.25. The lowest BCUT2D eigenvalue weighted by atomic mass is 10.00. The Kier molecular flexibility index (Phi) is 7.08. The van der Waals surface area contributed by atoms with Gasteiger partial charge in [0.15, 0.2) is 11.9 Å². The summed E-state index contributed by atoms with van der Waals surface area (Å²) in [6.45, 7) is 6.15. The monoisotopic (exact) mass is 432 g/mol. The van der Waals surface area contributed by atoms with Crippen molar-refractivity contribution >= 4 is 23.4 Å². The minimum Gasteiger partial charge on any atom is -0.479 e. The van der Waals surface area contributed by atoms with E-state index in [0.29, 0.717) is 35.9 Å². The molecular formula is C23H29ClN2O4.